The zero-order valence-electron chi connectivity index (χ0n) is 19.1. The molecule has 2 aliphatic heterocycles. The third kappa shape index (κ3) is 3.96. The third-order valence-corrected chi connectivity index (χ3v) is 6.51. The van der Waals surface area contributed by atoms with Crippen LogP contribution in [0.4, 0.5) is 15.8 Å². The lowest BCUT2D eigenvalue weighted by Gasteiger charge is -2.37. The van der Waals surface area contributed by atoms with Gasteiger partial charge in [-0.1, -0.05) is 49.4 Å². The third-order valence-electron chi connectivity index (χ3n) is 6.51. The molecular weight excluding hydrogens is 429 g/mol. The van der Waals surface area contributed by atoms with Gasteiger partial charge in [-0.25, -0.2) is 9.29 Å². The van der Waals surface area contributed by atoms with E-state index in [4.69, 9.17) is 0 Å². The molecule has 2 amide bonds. The van der Waals surface area contributed by atoms with E-state index in [1.165, 1.54) is 17.0 Å². The fourth-order valence-electron chi connectivity index (χ4n) is 4.63. The van der Waals surface area contributed by atoms with Crippen LogP contribution in [0.2, 0.25) is 0 Å². The van der Waals surface area contributed by atoms with Crippen LogP contribution in [0.5, 0.6) is 0 Å². The molecule has 0 atom stereocenters. The first-order chi connectivity index (χ1) is 16.6. The van der Waals surface area contributed by atoms with E-state index in [-0.39, 0.29) is 17.6 Å². The molecule has 5 nitrogen and oxygen atoms in total. The molecule has 0 saturated carbocycles. The lowest BCUT2D eigenvalue weighted by Crippen LogP contribution is -2.47. The normalized spacial score (nSPS) is 16.6. The highest BCUT2D eigenvalue weighted by Gasteiger charge is 2.43. The predicted octanol–water partition coefficient (Wildman–Crippen LogP) is 4.49. The van der Waals surface area contributed by atoms with Crippen LogP contribution in [0.1, 0.15) is 18.1 Å². The molecule has 0 bridgehead atoms. The Bertz CT molecular complexity index is 1230. The van der Waals surface area contributed by atoms with Gasteiger partial charge in [0.2, 0.25) is 0 Å². The average molecular weight is 456 g/mol. The number of benzene rings is 3. The van der Waals surface area contributed by atoms with E-state index in [9.17, 15) is 14.0 Å². The first-order valence-corrected chi connectivity index (χ1v) is 11.6. The number of hydrogen-bond acceptors (Lipinski definition) is 4. The summed E-state index contributed by atoms with van der Waals surface area (Å²) >= 11 is 0. The molecule has 6 heteroatoms. The van der Waals surface area contributed by atoms with E-state index in [0.29, 0.717) is 35.6 Å². The summed E-state index contributed by atoms with van der Waals surface area (Å²) in [4.78, 5) is 32.8. The molecule has 3 aromatic rings. The number of aryl methyl sites for hydroxylation is 1. The number of halogens is 1. The molecule has 0 unspecified atom stereocenters. The number of carbonyl (C=O) groups excluding carboxylic acids is 2. The number of carbonyl (C=O) groups is 2. The standard InChI is InChI=1S/C28H26FN3O2/c1-2-20-8-14-24(15-9-20)32-27(33)25(21-10-12-22(29)13-11-21)26(28(32)34)31-18-16-30(17-19-31)23-6-4-3-5-7-23/h3-15H,2,16-19H2,1H3. The summed E-state index contributed by atoms with van der Waals surface area (Å²) in [5.41, 5.74) is 4.09. The second kappa shape index (κ2) is 9.14. The topological polar surface area (TPSA) is 43.9 Å². The van der Waals surface area contributed by atoms with Gasteiger partial charge in [-0.05, 0) is 53.9 Å². The SMILES string of the molecule is CCc1ccc(N2C(=O)C(c3ccc(F)cc3)=C(N3CCN(c4ccccc4)CC3)C2=O)cc1. The Balaban J connectivity index is 1.49. The van der Waals surface area contributed by atoms with Gasteiger partial charge >= 0.3 is 0 Å². The maximum atomic E-state index is 13.7. The fourth-order valence-corrected chi connectivity index (χ4v) is 4.63. The number of imide groups is 1. The van der Waals surface area contributed by atoms with E-state index < -0.39 is 0 Å². The Labute approximate surface area is 198 Å². The summed E-state index contributed by atoms with van der Waals surface area (Å²) in [7, 11) is 0. The molecule has 0 spiro atoms. The van der Waals surface area contributed by atoms with Crippen LogP contribution in [0.3, 0.4) is 0 Å². The monoisotopic (exact) mass is 455 g/mol. The number of rotatable bonds is 5. The van der Waals surface area contributed by atoms with Crippen molar-refractivity contribution in [2.75, 3.05) is 36.0 Å². The van der Waals surface area contributed by atoms with Gasteiger partial charge in [0.15, 0.2) is 0 Å². The van der Waals surface area contributed by atoms with Gasteiger partial charge in [-0.3, -0.25) is 9.59 Å². The molecule has 5 rings (SSSR count). The minimum absolute atomic E-state index is 0.331. The summed E-state index contributed by atoms with van der Waals surface area (Å²) in [6.45, 7) is 4.74. The molecule has 0 aromatic heterocycles. The summed E-state index contributed by atoms with van der Waals surface area (Å²) in [5.74, 6) is -1.09. The summed E-state index contributed by atoms with van der Waals surface area (Å²) in [6, 6.07) is 23.4. The highest BCUT2D eigenvalue weighted by atomic mass is 19.1. The van der Waals surface area contributed by atoms with E-state index in [2.05, 4.69) is 24.0 Å². The first kappa shape index (κ1) is 21.9. The van der Waals surface area contributed by atoms with Crippen molar-refractivity contribution in [1.82, 2.24) is 4.90 Å². The molecule has 34 heavy (non-hydrogen) atoms. The van der Waals surface area contributed by atoms with Crippen molar-refractivity contribution in [3.63, 3.8) is 0 Å². The molecule has 2 aliphatic rings. The van der Waals surface area contributed by atoms with Crippen molar-refractivity contribution in [2.45, 2.75) is 13.3 Å². The molecule has 2 heterocycles. The van der Waals surface area contributed by atoms with Crippen molar-refractivity contribution in [3.05, 3.63) is 102 Å². The number of amides is 2. The summed E-state index contributed by atoms with van der Waals surface area (Å²) in [5, 5.41) is 0. The first-order valence-electron chi connectivity index (χ1n) is 11.6. The molecular formula is C28H26FN3O2. The Morgan fingerprint density at radius 2 is 1.32 bits per heavy atom. The van der Waals surface area contributed by atoms with Gasteiger partial charge in [0.1, 0.15) is 11.5 Å². The zero-order valence-corrected chi connectivity index (χ0v) is 19.1. The van der Waals surface area contributed by atoms with Gasteiger partial charge in [-0.2, -0.15) is 0 Å². The van der Waals surface area contributed by atoms with Crippen molar-refractivity contribution < 1.29 is 14.0 Å². The predicted molar refractivity (Wildman–Crippen MR) is 132 cm³/mol. The number of para-hydroxylation sites is 1. The average Bonchev–Trinajstić information content (AvgIpc) is 3.15. The number of hydrogen-bond donors (Lipinski definition) is 0. The van der Waals surface area contributed by atoms with Crippen molar-refractivity contribution in [2.24, 2.45) is 0 Å². The van der Waals surface area contributed by atoms with Crippen molar-refractivity contribution in [3.8, 4) is 0 Å². The van der Waals surface area contributed by atoms with Gasteiger partial charge in [0.05, 0.1) is 11.3 Å². The minimum Gasteiger partial charge on any atom is -0.368 e. The maximum Gasteiger partial charge on any atom is 0.282 e. The number of piperazine rings is 1. The van der Waals surface area contributed by atoms with Crippen molar-refractivity contribution in [1.29, 1.82) is 0 Å². The zero-order chi connectivity index (χ0) is 23.7. The molecule has 3 aromatic carbocycles. The van der Waals surface area contributed by atoms with Gasteiger partial charge < -0.3 is 9.80 Å². The molecule has 0 radical (unpaired) electrons. The van der Waals surface area contributed by atoms with Crippen LogP contribution in [0, 0.1) is 5.82 Å². The molecule has 172 valence electrons. The lowest BCUT2D eigenvalue weighted by molar-refractivity contribution is -0.120. The Kier molecular flexibility index (Phi) is 5.88. The molecule has 0 aliphatic carbocycles. The van der Waals surface area contributed by atoms with Crippen LogP contribution in [0.15, 0.2) is 84.6 Å². The lowest BCUT2D eigenvalue weighted by atomic mass is 10.0. The highest BCUT2D eigenvalue weighted by molar-refractivity contribution is 6.45. The van der Waals surface area contributed by atoms with Gasteiger partial charge in [-0.15, -0.1) is 0 Å². The van der Waals surface area contributed by atoms with Crippen LogP contribution in [-0.4, -0.2) is 42.9 Å². The fraction of sp³-hybridized carbons (Fsp3) is 0.214. The second-order valence-electron chi connectivity index (χ2n) is 8.51. The molecule has 1 fully saturated rings. The van der Waals surface area contributed by atoms with E-state index in [0.717, 1.165) is 30.8 Å². The number of anilines is 2. The summed E-state index contributed by atoms with van der Waals surface area (Å²) in [6.07, 6.45) is 0.873. The van der Waals surface area contributed by atoms with Crippen LogP contribution >= 0.6 is 0 Å². The van der Waals surface area contributed by atoms with Crippen LogP contribution in [-0.2, 0) is 16.0 Å². The Morgan fingerprint density at radius 1 is 0.706 bits per heavy atom. The van der Waals surface area contributed by atoms with E-state index in [1.807, 2.05) is 47.4 Å². The van der Waals surface area contributed by atoms with Crippen molar-refractivity contribution >= 4 is 28.8 Å². The summed E-state index contributed by atoms with van der Waals surface area (Å²) < 4.78 is 13.6. The smallest absolute Gasteiger partial charge is 0.282 e. The quantitative estimate of drug-likeness (QED) is 0.532. The Hall–Kier alpha value is -3.93. The van der Waals surface area contributed by atoms with Gasteiger partial charge in [0, 0.05) is 31.9 Å². The molecule has 0 N–H and O–H groups in total. The largest absolute Gasteiger partial charge is 0.368 e. The Morgan fingerprint density at radius 3 is 1.94 bits per heavy atom. The van der Waals surface area contributed by atoms with Crippen LogP contribution in [0.25, 0.3) is 5.57 Å². The second-order valence-corrected chi connectivity index (χ2v) is 8.51. The van der Waals surface area contributed by atoms with E-state index in [1.54, 1.807) is 12.1 Å². The minimum atomic E-state index is -0.383. The van der Waals surface area contributed by atoms with E-state index >= 15 is 0 Å². The maximum absolute atomic E-state index is 13.7. The molecule has 1 saturated heterocycles. The van der Waals surface area contributed by atoms with Crippen LogP contribution < -0.4 is 9.80 Å². The highest BCUT2D eigenvalue weighted by Crippen LogP contribution is 2.35. The van der Waals surface area contributed by atoms with Gasteiger partial charge in [0.25, 0.3) is 11.8 Å². The number of nitrogens with zero attached hydrogens (tertiary/aromatic N) is 3.